The molecule has 27 heavy (non-hydrogen) atoms. The van der Waals surface area contributed by atoms with Crippen molar-refractivity contribution in [3.05, 3.63) is 54.1 Å². The number of sulfone groups is 1. The zero-order chi connectivity index (χ0) is 20.1. The largest absolute Gasteiger partial charge is 0.501 e. The third-order valence-electron chi connectivity index (χ3n) is 3.77. The van der Waals surface area contributed by atoms with Crippen LogP contribution in [0.25, 0.3) is 0 Å². The van der Waals surface area contributed by atoms with Crippen molar-refractivity contribution < 1.29 is 31.1 Å². The van der Waals surface area contributed by atoms with E-state index < -0.39 is 26.1 Å². The highest BCUT2D eigenvalue weighted by Crippen LogP contribution is 2.34. The van der Waals surface area contributed by atoms with Crippen LogP contribution in [0.5, 0.6) is 5.75 Å². The lowest BCUT2D eigenvalue weighted by molar-refractivity contribution is -0.116. The van der Waals surface area contributed by atoms with Crippen molar-refractivity contribution in [1.29, 1.82) is 0 Å². The molecule has 146 valence electrons. The normalized spacial score (nSPS) is 11.9. The molecular weight excluding hydrogens is 383 g/mol. The molecule has 0 aliphatic heterocycles. The maximum absolute atomic E-state index is 12.7. The number of nitrogens with one attached hydrogen (secondary N) is 1. The van der Waals surface area contributed by atoms with Crippen LogP contribution in [0.15, 0.2) is 53.4 Å². The van der Waals surface area contributed by atoms with E-state index >= 15 is 0 Å². The van der Waals surface area contributed by atoms with E-state index in [0.29, 0.717) is 12.8 Å². The lowest BCUT2D eigenvalue weighted by Crippen LogP contribution is -2.23. The van der Waals surface area contributed by atoms with Crippen molar-refractivity contribution in [1.82, 2.24) is 0 Å². The average Bonchev–Trinajstić information content (AvgIpc) is 2.61. The molecule has 1 N–H and O–H groups in total. The first-order chi connectivity index (χ1) is 12.6. The summed E-state index contributed by atoms with van der Waals surface area (Å²) in [4.78, 5) is 11.1. The van der Waals surface area contributed by atoms with Crippen LogP contribution in [-0.4, -0.2) is 26.9 Å². The Morgan fingerprint density at radius 1 is 1.11 bits per heavy atom. The predicted molar refractivity (Wildman–Crippen MR) is 94.2 cm³/mol. The van der Waals surface area contributed by atoms with Crippen molar-refractivity contribution in [2.45, 2.75) is 29.7 Å². The van der Waals surface area contributed by atoms with Gasteiger partial charge < -0.3 is 10.1 Å². The number of carbonyl (C=O) groups excluding carboxylic acids is 1. The van der Waals surface area contributed by atoms with E-state index in [1.54, 1.807) is 0 Å². The summed E-state index contributed by atoms with van der Waals surface area (Å²) in [7, 11) is -4.26. The zero-order valence-corrected chi connectivity index (χ0v) is 15.2. The van der Waals surface area contributed by atoms with E-state index in [4.69, 9.17) is 4.74 Å². The number of ether oxygens (including phenoxy) is 1. The first-order valence-corrected chi connectivity index (χ1v) is 9.46. The molecule has 0 fully saturated rings. The van der Waals surface area contributed by atoms with Crippen LogP contribution in [0.1, 0.15) is 18.4 Å². The molecule has 0 heterocycles. The fourth-order valence-corrected chi connectivity index (χ4v) is 3.18. The third-order valence-corrected chi connectivity index (χ3v) is 5.26. The van der Waals surface area contributed by atoms with Gasteiger partial charge in [-0.25, -0.2) is 8.42 Å². The molecule has 0 aliphatic rings. The summed E-state index contributed by atoms with van der Waals surface area (Å²) in [6, 6.07) is 12.1. The SMILES string of the molecule is COc1ccc(S(=O)(=O)C(F)(F)F)cc1NC(=O)CCCc1ccccc1. The van der Waals surface area contributed by atoms with Gasteiger partial charge in [-0.3, -0.25) is 4.79 Å². The van der Waals surface area contributed by atoms with Gasteiger partial charge in [0, 0.05) is 6.42 Å². The van der Waals surface area contributed by atoms with Crippen LogP contribution in [0.4, 0.5) is 18.9 Å². The smallest absolute Gasteiger partial charge is 0.495 e. The number of amides is 1. The van der Waals surface area contributed by atoms with Gasteiger partial charge in [0.2, 0.25) is 5.91 Å². The van der Waals surface area contributed by atoms with E-state index in [0.717, 1.165) is 23.8 Å². The maximum atomic E-state index is 12.7. The summed E-state index contributed by atoms with van der Waals surface area (Å²) in [5.41, 5.74) is -4.51. The number of alkyl halides is 3. The summed E-state index contributed by atoms with van der Waals surface area (Å²) in [5, 5.41) is 2.42. The lowest BCUT2D eigenvalue weighted by Gasteiger charge is -2.13. The van der Waals surface area contributed by atoms with Crippen LogP contribution in [0, 0.1) is 0 Å². The van der Waals surface area contributed by atoms with E-state index in [9.17, 15) is 26.4 Å². The van der Waals surface area contributed by atoms with Gasteiger partial charge in [0.25, 0.3) is 9.84 Å². The third kappa shape index (κ3) is 5.22. The minimum Gasteiger partial charge on any atom is -0.495 e. The number of methoxy groups -OCH3 is 1. The number of benzene rings is 2. The molecule has 0 saturated carbocycles. The van der Waals surface area contributed by atoms with Crippen LogP contribution in [-0.2, 0) is 21.1 Å². The van der Waals surface area contributed by atoms with Gasteiger partial charge >= 0.3 is 5.51 Å². The lowest BCUT2D eigenvalue weighted by atomic mass is 10.1. The second-order valence-electron chi connectivity index (χ2n) is 5.70. The fraction of sp³-hybridized carbons (Fsp3) is 0.278. The average molecular weight is 401 g/mol. The molecule has 9 heteroatoms. The van der Waals surface area contributed by atoms with E-state index in [1.165, 1.54) is 7.11 Å². The second kappa shape index (κ2) is 8.43. The number of rotatable bonds is 7. The first-order valence-electron chi connectivity index (χ1n) is 7.98. The Bertz CT molecular complexity index is 897. The van der Waals surface area contributed by atoms with Crippen molar-refractivity contribution >= 4 is 21.4 Å². The number of halogens is 3. The molecule has 0 aliphatic carbocycles. The van der Waals surface area contributed by atoms with Crippen LogP contribution < -0.4 is 10.1 Å². The Hall–Kier alpha value is -2.55. The van der Waals surface area contributed by atoms with Crippen molar-refractivity contribution in [3.8, 4) is 5.75 Å². The standard InChI is InChI=1S/C18H18F3NO4S/c1-26-16-11-10-14(27(24,25)18(19,20)21)12-15(16)22-17(23)9-5-8-13-6-3-2-4-7-13/h2-4,6-7,10-12H,5,8-9H2,1H3,(H,22,23). The summed E-state index contributed by atoms with van der Waals surface area (Å²) in [5.74, 6) is -0.390. The molecule has 0 unspecified atom stereocenters. The fourth-order valence-electron chi connectivity index (χ4n) is 2.40. The van der Waals surface area contributed by atoms with Crippen LogP contribution in [0.2, 0.25) is 0 Å². The molecule has 0 atom stereocenters. The number of aryl methyl sites for hydroxylation is 1. The number of carbonyl (C=O) groups is 1. The van der Waals surface area contributed by atoms with Gasteiger partial charge in [-0.05, 0) is 36.6 Å². The molecule has 2 aromatic carbocycles. The molecule has 0 spiro atoms. The Morgan fingerprint density at radius 2 is 1.78 bits per heavy atom. The maximum Gasteiger partial charge on any atom is 0.501 e. The minimum atomic E-state index is -5.52. The van der Waals surface area contributed by atoms with Crippen LogP contribution in [0.3, 0.4) is 0 Å². The van der Waals surface area contributed by atoms with Gasteiger partial charge in [-0.2, -0.15) is 13.2 Å². The van der Waals surface area contributed by atoms with Gasteiger partial charge in [-0.15, -0.1) is 0 Å². The number of hydrogen-bond donors (Lipinski definition) is 1. The van der Waals surface area contributed by atoms with Gasteiger partial charge in [-0.1, -0.05) is 30.3 Å². The molecule has 1 amide bonds. The molecule has 5 nitrogen and oxygen atoms in total. The van der Waals surface area contributed by atoms with Gasteiger partial charge in [0.05, 0.1) is 17.7 Å². The molecule has 2 rings (SSSR count). The summed E-state index contributed by atoms with van der Waals surface area (Å²) < 4.78 is 66.2. The minimum absolute atomic E-state index is 0.0625. The Labute approximate surface area is 155 Å². The van der Waals surface area contributed by atoms with E-state index in [2.05, 4.69) is 5.32 Å². The van der Waals surface area contributed by atoms with E-state index in [1.807, 2.05) is 30.3 Å². The summed E-state index contributed by atoms with van der Waals surface area (Å²) >= 11 is 0. The van der Waals surface area contributed by atoms with Crippen molar-refractivity contribution in [3.63, 3.8) is 0 Å². The Balaban J connectivity index is 2.10. The molecule has 2 aromatic rings. The van der Waals surface area contributed by atoms with Crippen molar-refractivity contribution in [2.24, 2.45) is 0 Å². The Kier molecular flexibility index (Phi) is 6.48. The summed E-state index contributed by atoms with van der Waals surface area (Å²) in [6.07, 6.45) is 1.31. The molecule has 0 saturated heterocycles. The number of anilines is 1. The molecule has 0 bridgehead atoms. The molecule has 0 aromatic heterocycles. The zero-order valence-electron chi connectivity index (χ0n) is 14.4. The van der Waals surface area contributed by atoms with Gasteiger partial charge in [0.15, 0.2) is 0 Å². The predicted octanol–water partition coefficient (Wildman–Crippen LogP) is 3.95. The van der Waals surface area contributed by atoms with E-state index in [-0.39, 0.29) is 17.9 Å². The monoisotopic (exact) mass is 401 g/mol. The molecular formula is C18H18F3NO4S. The highest BCUT2D eigenvalue weighted by atomic mass is 32.2. The highest BCUT2D eigenvalue weighted by Gasteiger charge is 2.47. The topological polar surface area (TPSA) is 72.5 Å². The van der Waals surface area contributed by atoms with Crippen LogP contribution >= 0.6 is 0 Å². The highest BCUT2D eigenvalue weighted by molar-refractivity contribution is 7.92. The summed E-state index contributed by atoms with van der Waals surface area (Å²) in [6.45, 7) is 0. The Morgan fingerprint density at radius 3 is 2.37 bits per heavy atom. The second-order valence-corrected chi connectivity index (χ2v) is 7.64. The quantitative estimate of drug-likeness (QED) is 0.763. The molecule has 0 radical (unpaired) electrons. The van der Waals surface area contributed by atoms with Gasteiger partial charge in [0.1, 0.15) is 5.75 Å². The first kappa shape index (κ1) is 20.8. The number of hydrogen-bond acceptors (Lipinski definition) is 4. The van der Waals surface area contributed by atoms with Crippen molar-refractivity contribution in [2.75, 3.05) is 12.4 Å².